The van der Waals surface area contributed by atoms with Gasteiger partial charge in [-0.05, 0) is 25.2 Å². The second kappa shape index (κ2) is 7.97. The van der Waals surface area contributed by atoms with Crippen LogP contribution in [-0.2, 0) is 4.74 Å². The van der Waals surface area contributed by atoms with Crippen LogP contribution in [0.1, 0.15) is 26.2 Å². The van der Waals surface area contributed by atoms with Gasteiger partial charge in [-0.1, -0.05) is 6.92 Å². The van der Waals surface area contributed by atoms with E-state index in [2.05, 4.69) is 32.5 Å². The minimum absolute atomic E-state index is 0.627. The van der Waals surface area contributed by atoms with Gasteiger partial charge in [0.1, 0.15) is 0 Å². The van der Waals surface area contributed by atoms with Crippen molar-refractivity contribution in [1.82, 2.24) is 15.0 Å². The molecule has 0 bridgehead atoms. The van der Waals surface area contributed by atoms with E-state index in [0.29, 0.717) is 23.8 Å². The van der Waals surface area contributed by atoms with Crippen molar-refractivity contribution in [3.05, 3.63) is 0 Å². The Labute approximate surface area is 126 Å². The number of nitrogens with zero attached hydrogens (tertiary/aromatic N) is 4. The lowest BCUT2D eigenvalue weighted by Gasteiger charge is -2.14. The molecule has 1 unspecified atom stereocenters. The third-order valence-corrected chi connectivity index (χ3v) is 3.42. The van der Waals surface area contributed by atoms with Gasteiger partial charge in [0, 0.05) is 40.4 Å². The van der Waals surface area contributed by atoms with Gasteiger partial charge in [-0.3, -0.25) is 0 Å². The van der Waals surface area contributed by atoms with Crippen LogP contribution < -0.4 is 15.5 Å². The molecule has 1 aromatic heterocycles. The van der Waals surface area contributed by atoms with Gasteiger partial charge in [-0.25, -0.2) is 0 Å². The van der Waals surface area contributed by atoms with Crippen LogP contribution in [0.4, 0.5) is 17.8 Å². The zero-order chi connectivity index (χ0) is 15.1. The standard InChI is InChI=1S/C14H26N6O/c1-4-7-15-12-17-13(19-14(18-12)20(2)3)16-8-5-11-6-9-21-10-11/h11H,4-10H2,1-3H3,(H2,15,16,17,18,19). The molecule has 0 spiro atoms. The minimum atomic E-state index is 0.627. The van der Waals surface area contributed by atoms with Crippen LogP contribution in [-0.4, -0.2) is 55.4 Å². The Bertz CT molecular complexity index is 433. The van der Waals surface area contributed by atoms with Crippen LogP contribution in [0.15, 0.2) is 0 Å². The fourth-order valence-corrected chi connectivity index (χ4v) is 2.16. The second-order valence-corrected chi connectivity index (χ2v) is 5.55. The molecule has 0 aliphatic carbocycles. The average molecular weight is 294 g/mol. The zero-order valence-electron chi connectivity index (χ0n) is 13.2. The fourth-order valence-electron chi connectivity index (χ4n) is 2.16. The van der Waals surface area contributed by atoms with Gasteiger partial charge in [-0.2, -0.15) is 15.0 Å². The lowest BCUT2D eigenvalue weighted by Crippen LogP contribution is -2.18. The molecular weight excluding hydrogens is 268 g/mol. The molecule has 1 aliphatic heterocycles. The molecule has 21 heavy (non-hydrogen) atoms. The third-order valence-electron chi connectivity index (χ3n) is 3.42. The van der Waals surface area contributed by atoms with Crippen LogP contribution in [0.5, 0.6) is 0 Å². The van der Waals surface area contributed by atoms with Crippen molar-refractivity contribution in [2.24, 2.45) is 5.92 Å². The first-order valence-electron chi connectivity index (χ1n) is 7.68. The van der Waals surface area contributed by atoms with Crippen LogP contribution >= 0.6 is 0 Å². The first-order chi connectivity index (χ1) is 10.2. The fraction of sp³-hybridized carbons (Fsp3) is 0.786. The summed E-state index contributed by atoms with van der Waals surface area (Å²) in [5.41, 5.74) is 0. The number of ether oxygens (including phenoxy) is 1. The van der Waals surface area contributed by atoms with E-state index < -0.39 is 0 Å². The van der Waals surface area contributed by atoms with Gasteiger partial charge in [0.05, 0.1) is 0 Å². The van der Waals surface area contributed by atoms with E-state index in [-0.39, 0.29) is 0 Å². The van der Waals surface area contributed by atoms with E-state index in [1.54, 1.807) is 0 Å². The predicted octanol–water partition coefficient (Wildman–Crippen LogP) is 1.60. The summed E-state index contributed by atoms with van der Waals surface area (Å²) in [7, 11) is 3.86. The molecule has 0 aromatic carbocycles. The van der Waals surface area contributed by atoms with E-state index in [9.17, 15) is 0 Å². The molecule has 0 saturated carbocycles. The molecule has 2 heterocycles. The van der Waals surface area contributed by atoms with Crippen molar-refractivity contribution in [2.75, 3.05) is 55.9 Å². The largest absolute Gasteiger partial charge is 0.381 e. The Kier molecular flexibility index (Phi) is 5.98. The molecule has 1 atom stereocenters. The number of hydrogen-bond donors (Lipinski definition) is 2. The third kappa shape index (κ3) is 5.00. The quantitative estimate of drug-likeness (QED) is 0.754. The zero-order valence-corrected chi connectivity index (χ0v) is 13.2. The SMILES string of the molecule is CCCNc1nc(NCCC2CCOC2)nc(N(C)C)n1. The Hall–Kier alpha value is -1.63. The monoisotopic (exact) mass is 294 g/mol. The highest BCUT2D eigenvalue weighted by Crippen LogP contribution is 2.17. The molecule has 2 rings (SSSR count). The molecule has 1 aromatic rings. The summed E-state index contributed by atoms with van der Waals surface area (Å²) < 4.78 is 5.39. The minimum Gasteiger partial charge on any atom is -0.381 e. The first kappa shape index (κ1) is 15.8. The molecule has 0 radical (unpaired) electrons. The summed E-state index contributed by atoms with van der Waals surface area (Å²) in [6.45, 7) is 5.61. The molecule has 118 valence electrons. The molecule has 1 saturated heterocycles. The molecule has 2 N–H and O–H groups in total. The van der Waals surface area contributed by atoms with Gasteiger partial charge in [0.2, 0.25) is 17.8 Å². The van der Waals surface area contributed by atoms with Gasteiger partial charge >= 0.3 is 0 Å². The number of nitrogens with one attached hydrogen (secondary N) is 2. The van der Waals surface area contributed by atoms with Crippen LogP contribution in [0.25, 0.3) is 0 Å². The maximum absolute atomic E-state index is 5.39. The highest BCUT2D eigenvalue weighted by atomic mass is 16.5. The Morgan fingerprint density at radius 1 is 1.14 bits per heavy atom. The molecule has 1 aliphatic rings. The van der Waals surface area contributed by atoms with E-state index in [0.717, 1.165) is 45.6 Å². The Morgan fingerprint density at radius 3 is 2.43 bits per heavy atom. The Balaban J connectivity index is 1.93. The van der Waals surface area contributed by atoms with E-state index in [1.165, 1.54) is 0 Å². The number of aromatic nitrogens is 3. The summed E-state index contributed by atoms with van der Waals surface area (Å²) in [6.07, 6.45) is 3.28. The summed E-state index contributed by atoms with van der Waals surface area (Å²) >= 11 is 0. The average Bonchev–Trinajstić information content (AvgIpc) is 2.98. The topological polar surface area (TPSA) is 75.2 Å². The highest BCUT2D eigenvalue weighted by Gasteiger charge is 2.15. The van der Waals surface area contributed by atoms with E-state index in [4.69, 9.17) is 4.74 Å². The van der Waals surface area contributed by atoms with Crippen LogP contribution in [0.2, 0.25) is 0 Å². The first-order valence-corrected chi connectivity index (χ1v) is 7.68. The van der Waals surface area contributed by atoms with Crippen molar-refractivity contribution in [1.29, 1.82) is 0 Å². The van der Waals surface area contributed by atoms with Crippen molar-refractivity contribution in [2.45, 2.75) is 26.2 Å². The van der Waals surface area contributed by atoms with E-state index >= 15 is 0 Å². The van der Waals surface area contributed by atoms with Crippen molar-refractivity contribution < 1.29 is 4.74 Å². The maximum Gasteiger partial charge on any atom is 0.231 e. The van der Waals surface area contributed by atoms with Crippen molar-refractivity contribution >= 4 is 17.8 Å². The van der Waals surface area contributed by atoms with Gasteiger partial charge in [0.15, 0.2) is 0 Å². The predicted molar refractivity (Wildman–Crippen MR) is 85.0 cm³/mol. The molecule has 7 nitrogen and oxygen atoms in total. The van der Waals surface area contributed by atoms with Gasteiger partial charge in [-0.15, -0.1) is 0 Å². The van der Waals surface area contributed by atoms with Gasteiger partial charge < -0.3 is 20.3 Å². The Morgan fingerprint density at radius 2 is 1.86 bits per heavy atom. The lowest BCUT2D eigenvalue weighted by atomic mass is 10.1. The lowest BCUT2D eigenvalue weighted by molar-refractivity contribution is 0.185. The molecule has 7 heteroatoms. The van der Waals surface area contributed by atoms with Crippen LogP contribution in [0, 0.1) is 5.92 Å². The van der Waals surface area contributed by atoms with Crippen molar-refractivity contribution in [3.8, 4) is 0 Å². The summed E-state index contributed by atoms with van der Waals surface area (Å²) in [5.74, 6) is 2.58. The molecule has 0 amide bonds. The molecule has 1 fully saturated rings. The van der Waals surface area contributed by atoms with E-state index in [1.807, 2.05) is 19.0 Å². The molecular formula is C14H26N6O. The second-order valence-electron chi connectivity index (χ2n) is 5.55. The highest BCUT2D eigenvalue weighted by molar-refractivity contribution is 5.42. The summed E-state index contributed by atoms with van der Waals surface area (Å²) in [4.78, 5) is 15.1. The number of anilines is 3. The van der Waals surface area contributed by atoms with Crippen molar-refractivity contribution in [3.63, 3.8) is 0 Å². The summed E-state index contributed by atoms with van der Waals surface area (Å²) in [5, 5.41) is 6.51. The van der Waals surface area contributed by atoms with Crippen LogP contribution in [0.3, 0.4) is 0 Å². The number of rotatable bonds is 8. The smallest absolute Gasteiger partial charge is 0.231 e. The van der Waals surface area contributed by atoms with Gasteiger partial charge in [0.25, 0.3) is 0 Å². The normalized spacial score (nSPS) is 17.8. The number of hydrogen-bond acceptors (Lipinski definition) is 7. The maximum atomic E-state index is 5.39. The summed E-state index contributed by atoms with van der Waals surface area (Å²) in [6, 6.07) is 0.